The third-order valence-corrected chi connectivity index (χ3v) is 4.44. The van der Waals surface area contributed by atoms with Crippen molar-refractivity contribution in [2.24, 2.45) is 4.99 Å². The molecule has 158 valence electrons. The van der Waals surface area contributed by atoms with Gasteiger partial charge in [0.1, 0.15) is 5.82 Å². The third-order valence-electron chi connectivity index (χ3n) is 4.44. The number of amides is 1. The molecule has 0 spiro atoms. The Hall–Kier alpha value is -3.62. The predicted molar refractivity (Wildman–Crippen MR) is 115 cm³/mol. The fourth-order valence-corrected chi connectivity index (χ4v) is 2.89. The van der Waals surface area contributed by atoms with Crippen molar-refractivity contribution in [2.45, 2.75) is 12.8 Å². The SMILES string of the molecule is CN=C(NCCc1cccc(C(=O)N(C)C)c1)NCCc1nc(-c2ccco2)n[nH]1. The number of nitrogens with zero attached hydrogens (tertiary/aromatic N) is 4. The molecule has 1 amide bonds. The molecule has 0 aliphatic rings. The normalized spacial score (nSPS) is 11.4. The van der Waals surface area contributed by atoms with E-state index in [2.05, 4.69) is 30.8 Å². The zero-order valence-corrected chi connectivity index (χ0v) is 17.5. The van der Waals surface area contributed by atoms with Crippen molar-refractivity contribution in [3.8, 4) is 11.6 Å². The minimum absolute atomic E-state index is 0.00454. The molecule has 0 aliphatic carbocycles. The number of aromatic amines is 1. The number of furan rings is 1. The quantitative estimate of drug-likeness (QED) is 0.386. The highest BCUT2D eigenvalue weighted by Gasteiger charge is 2.09. The van der Waals surface area contributed by atoms with Gasteiger partial charge in [0.25, 0.3) is 5.91 Å². The number of carbonyl (C=O) groups is 1. The van der Waals surface area contributed by atoms with Gasteiger partial charge in [-0.1, -0.05) is 12.1 Å². The number of benzene rings is 1. The molecule has 2 heterocycles. The van der Waals surface area contributed by atoms with Gasteiger partial charge < -0.3 is 20.0 Å². The molecular formula is C21H27N7O2. The van der Waals surface area contributed by atoms with Gasteiger partial charge in [-0.2, -0.15) is 5.10 Å². The molecule has 0 saturated heterocycles. The lowest BCUT2D eigenvalue weighted by Crippen LogP contribution is -2.39. The lowest BCUT2D eigenvalue weighted by Gasteiger charge is -2.13. The molecule has 1 aromatic carbocycles. The van der Waals surface area contributed by atoms with Crippen LogP contribution in [0.2, 0.25) is 0 Å². The van der Waals surface area contributed by atoms with E-state index in [1.54, 1.807) is 38.4 Å². The van der Waals surface area contributed by atoms with Gasteiger partial charge in [0.15, 0.2) is 11.7 Å². The molecule has 30 heavy (non-hydrogen) atoms. The summed E-state index contributed by atoms with van der Waals surface area (Å²) < 4.78 is 5.29. The van der Waals surface area contributed by atoms with Crippen LogP contribution in [-0.2, 0) is 12.8 Å². The summed E-state index contributed by atoms with van der Waals surface area (Å²) in [5, 5.41) is 13.6. The number of hydrogen-bond acceptors (Lipinski definition) is 5. The topological polar surface area (TPSA) is 111 Å². The Balaban J connectivity index is 1.42. The van der Waals surface area contributed by atoms with E-state index in [9.17, 15) is 4.79 Å². The number of aliphatic imine (C=N–C) groups is 1. The second kappa shape index (κ2) is 10.2. The van der Waals surface area contributed by atoms with Gasteiger partial charge in [0.05, 0.1) is 6.26 Å². The smallest absolute Gasteiger partial charge is 0.253 e. The van der Waals surface area contributed by atoms with Crippen LogP contribution < -0.4 is 10.6 Å². The molecule has 0 unspecified atom stereocenters. The number of rotatable bonds is 8. The van der Waals surface area contributed by atoms with Crippen LogP contribution in [0.25, 0.3) is 11.6 Å². The largest absolute Gasteiger partial charge is 0.461 e. The number of hydrogen-bond donors (Lipinski definition) is 3. The van der Waals surface area contributed by atoms with Crippen LogP contribution in [0.15, 0.2) is 52.1 Å². The van der Waals surface area contributed by atoms with Crippen LogP contribution in [0.3, 0.4) is 0 Å². The summed E-state index contributed by atoms with van der Waals surface area (Å²) in [6.45, 7) is 1.35. The maximum absolute atomic E-state index is 12.1. The van der Waals surface area contributed by atoms with Crippen molar-refractivity contribution in [3.63, 3.8) is 0 Å². The first kappa shape index (κ1) is 21.1. The minimum atomic E-state index is 0.00454. The second-order valence-electron chi connectivity index (χ2n) is 6.91. The summed E-state index contributed by atoms with van der Waals surface area (Å²) in [6, 6.07) is 11.3. The lowest BCUT2D eigenvalue weighted by molar-refractivity contribution is 0.0827. The second-order valence-corrected chi connectivity index (χ2v) is 6.91. The van der Waals surface area contributed by atoms with Crippen LogP contribution in [-0.4, -0.2) is 66.2 Å². The lowest BCUT2D eigenvalue weighted by atomic mass is 10.1. The van der Waals surface area contributed by atoms with Crippen molar-refractivity contribution in [3.05, 3.63) is 59.6 Å². The summed E-state index contributed by atoms with van der Waals surface area (Å²) in [5.41, 5.74) is 1.79. The van der Waals surface area contributed by atoms with Crippen molar-refractivity contribution in [2.75, 3.05) is 34.2 Å². The summed E-state index contributed by atoms with van der Waals surface area (Å²) in [4.78, 5) is 22.3. The number of nitrogens with one attached hydrogen (secondary N) is 3. The Morgan fingerprint density at radius 1 is 1.17 bits per heavy atom. The van der Waals surface area contributed by atoms with Crippen molar-refractivity contribution >= 4 is 11.9 Å². The van der Waals surface area contributed by atoms with Crippen molar-refractivity contribution in [1.82, 2.24) is 30.7 Å². The van der Waals surface area contributed by atoms with E-state index < -0.39 is 0 Å². The monoisotopic (exact) mass is 409 g/mol. The van der Waals surface area contributed by atoms with Gasteiger partial charge in [0.2, 0.25) is 5.82 Å². The van der Waals surface area contributed by atoms with E-state index in [0.29, 0.717) is 42.6 Å². The van der Waals surface area contributed by atoms with E-state index >= 15 is 0 Å². The molecule has 9 nitrogen and oxygen atoms in total. The summed E-state index contributed by atoms with van der Waals surface area (Å²) in [5.74, 6) is 2.67. The molecule has 2 aromatic heterocycles. The average molecular weight is 409 g/mol. The standard InChI is InChI=1S/C21H27N7O2/c1-22-21(23-11-9-15-6-4-7-16(14-15)20(29)28(2)3)24-12-10-18-25-19(27-26-18)17-8-5-13-30-17/h4-8,13-14H,9-12H2,1-3H3,(H2,22,23,24)(H,25,26,27). The first-order valence-corrected chi connectivity index (χ1v) is 9.77. The van der Waals surface area contributed by atoms with E-state index in [-0.39, 0.29) is 5.91 Å². The van der Waals surface area contributed by atoms with Crippen LogP contribution in [0.5, 0.6) is 0 Å². The van der Waals surface area contributed by atoms with Gasteiger partial charge in [-0.25, -0.2) is 4.98 Å². The molecule has 3 rings (SSSR count). The highest BCUT2D eigenvalue weighted by Crippen LogP contribution is 2.14. The Bertz CT molecular complexity index is 977. The molecule has 0 aliphatic heterocycles. The molecule has 0 fully saturated rings. The summed E-state index contributed by atoms with van der Waals surface area (Å²) >= 11 is 0. The zero-order chi connectivity index (χ0) is 21.3. The first-order valence-electron chi connectivity index (χ1n) is 9.77. The van der Waals surface area contributed by atoms with Crippen LogP contribution >= 0.6 is 0 Å². The number of guanidine groups is 1. The highest BCUT2D eigenvalue weighted by molar-refractivity contribution is 5.94. The van der Waals surface area contributed by atoms with E-state index in [1.165, 1.54) is 0 Å². The van der Waals surface area contributed by atoms with Gasteiger partial charge in [-0.3, -0.25) is 14.9 Å². The molecule has 3 aromatic rings. The highest BCUT2D eigenvalue weighted by atomic mass is 16.3. The Labute approximate surface area is 175 Å². The molecule has 0 atom stereocenters. The van der Waals surface area contributed by atoms with Gasteiger partial charge in [-0.05, 0) is 36.2 Å². The van der Waals surface area contributed by atoms with E-state index in [1.807, 2.05) is 30.3 Å². The first-order chi connectivity index (χ1) is 14.6. The Morgan fingerprint density at radius 3 is 2.67 bits per heavy atom. The van der Waals surface area contributed by atoms with E-state index in [4.69, 9.17) is 4.42 Å². The van der Waals surface area contributed by atoms with Crippen molar-refractivity contribution in [1.29, 1.82) is 0 Å². The molecule has 0 radical (unpaired) electrons. The van der Waals surface area contributed by atoms with Crippen molar-refractivity contribution < 1.29 is 9.21 Å². The van der Waals surface area contributed by atoms with E-state index in [0.717, 1.165) is 17.8 Å². The predicted octanol–water partition coefficient (Wildman–Crippen LogP) is 1.72. The van der Waals surface area contributed by atoms with Crippen LogP contribution in [0.1, 0.15) is 21.7 Å². The third kappa shape index (κ3) is 5.69. The van der Waals surface area contributed by atoms with Gasteiger partial charge >= 0.3 is 0 Å². The fraction of sp³-hybridized carbons (Fsp3) is 0.333. The number of aromatic nitrogens is 3. The number of carbonyl (C=O) groups excluding carboxylic acids is 1. The molecule has 0 saturated carbocycles. The van der Waals surface area contributed by atoms with Crippen LogP contribution in [0.4, 0.5) is 0 Å². The average Bonchev–Trinajstić information content (AvgIpc) is 3.44. The summed E-state index contributed by atoms with van der Waals surface area (Å²) in [7, 11) is 5.24. The number of H-pyrrole nitrogens is 1. The maximum atomic E-state index is 12.1. The molecule has 9 heteroatoms. The minimum Gasteiger partial charge on any atom is -0.461 e. The Morgan fingerprint density at radius 2 is 1.97 bits per heavy atom. The summed E-state index contributed by atoms with van der Waals surface area (Å²) in [6.07, 6.45) is 3.05. The van der Waals surface area contributed by atoms with Crippen LogP contribution in [0, 0.1) is 0 Å². The van der Waals surface area contributed by atoms with Gasteiger partial charge in [-0.15, -0.1) is 0 Å². The Kier molecular flexibility index (Phi) is 7.20. The zero-order valence-electron chi connectivity index (χ0n) is 17.5. The molecule has 0 bridgehead atoms. The van der Waals surface area contributed by atoms with Gasteiger partial charge in [0, 0.05) is 46.2 Å². The molecular weight excluding hydrogens is 382 g/mol. The maximum Gasteiger partial charge on any atom is 0.253 e. The fourth-order valence-electron chi connectivity index (χ4n) is 2.89. The molecule has 3 N–H and O–H groups in total.